The first-order valence-electron chi connectivity index (χ1n) is 11.1. The van der Waals surface area contributed by atoms with Crippen molar-refractivity contribution in [3.8, 4) is 0 Å². The number of aryl methyl sites for hydroxylation is 1. The summed E-state index contributed by atoms with van der Waals surface area (Å²) in [5.74, 6) is -0.308. The van der Waals surface area contributed by atoms with Gasteiger partial charge in [-0.1, -0.05) is 31.2 Å². The van der Waals surface area contributed by atoms with Gasteiger partial charge in [0.15, 0.2) is 11.1 Å². The number of aromatic nitrogens is 1. The van der Waals surface area contributed by atoms with E-state index in [1.165, 1.54) is 0 Å². The van der Waals surface area contributed by atoms with E-state index in [4.69, 9.17) is 4.74 Å². The molecule has 4 rings (SSSR count). The SMILES string of the molecule is CCOC(=O)C1CCN(c2c(S(=O)(=O)c3ccccc3)c[nH+]c3ccc(CC)cc23)CC1. The highest BCUT2D eigenvalue weighted by atomic mass is 32.2. The Morgan fingerprint density at radius 1 is 1.09 bits per heavy atom. The molecule has 0 amide bonds. The van der Waals surface area contributed by atoms with Crippen molar-refractivity contribution in [2.75, 3.05) is 24.6 Å². The first kappa shape index (κ1) is 22.3. The summed E-state index contributed by atoms with van der Waals surface area (Å²) in [6, 6.07) is 14.7. The number of piperidine rings is 1. The molecule has 0 radical (unpaired) electrons. The van der Waals surface area contributed by atoms with Crippen molar-refractivity contribution in [1.29, 1.82) is 0 Å². The minimum Gasteiger partial charge on any atom is -0.466 e. The van der Waals surface area contributed by atoms with Crippen LogP contribution in [-0.2, 0) is 25.8 Å². The van der Waals surface area contributed by atoms with Crippen molar-refractivity contribution in [3.05, 3.63) is 60.3 Å². The highest BCUT2D eigenvalue weighted by Gasteiger charge is 2.33. The number of hydrogen-bond donors (Lipinski definition) is 0. The molecule has 2 aromatic carbocycles. The first-order valence-corrected chi connectivity index (χ1v) is 12.6. The van der Waals surface area contributed by atoms with Crippen molar-refractivity contribution in [3.63, 3.8) is 0 Å². The van der Waals surface area contributed by atoms with Crippen molar-refractivity contribution in [1.82, 2.24) is 0 Å². The number of carbonyl (C=O) groups excluding carboxylic acids is 1. The Morgan fingerprint density at radius 3 is 2.47 bits per heavy atom. The van der Waals surface area contributed by atoms with Crippen LogP contribution in [-0.4, -0.2) is 34.1 Å². The predicted octanol–water partition coefficient (Wildman–Crippen LogP) is 3.83. The second-order valence-electron chi connectivity index (χ2n) is 8.06. The highest BCUT2D eigenvalue weighted by Crippen LogP contribution is 2.37. The van der Waals surface area contributed by atoms with Crippen LogP contribution in [0, 0.1) is 5.92 Å². The van der Waals surface area contributed by atoms with Gasteiger partial charge >= 0.3 is 5.97 Å². The van der Waals surface area contributed by atoms with Crippen molar-refractivity contribution < 1.29 is 22.9 Å². The molecule has 6 nitrogen and oxygen atoms in total. The molecular weight excluding hydrogens is 424 g/mol. The van der Waals surface area contributed by atoms with Gasteiger partial charge in [0, 0.05) is 19.2 Å². The van der Waals surface area contributed by atoms with Crippen LogP contribution in [0.5, 0.6) is 0 Å². The fraction of sp³-hybridized carbons (Fsp3) is 0.360. The third-order valence-corrected chi connectivity index (χ3v) is 7.90. The predicted molar refractivity (Wildman–Crippen MR) is 123 cm³/mol. The average molecular weight is 454 g/mol. The Labute approximate surface area is 189 Å². The number of nitrogens with one attached hydrogen (secondary N) is 1. The number of anilines is 1. The van der Waals surface area contributed by atoms with Gasteiger partial charge in [0.05, 0.1) is 28.5 Å². The minimum atomic E-state index is -3.73. The zero-order chi connectivity index (χ0) is 22.7. The number of benzene rings is 2. The smallest absolute Gasteiger partial charge is 0.309 e. The largest absolute Gasteiger partial charge is 0.466 e. The second kappa shape index (κ2) is 9.28. The van der Waals surface area contributed by atoms with E-state index < -0.39 is 9.84 Å². The van der Waals surface area contributed by atoms with Gasteiger partial charge in [0.1, 0.15) is 0 Å². The molecule has 0 bridgehead atoms. The average Bonchev–Trinajstić information content (AvgIpc) is 2.83. The number of carbonyl (C=O) groups is 1. The van der Waals surface area contributed by atoms with Gasteiger partial charge in [-0.15, -0.1) is 0 Å². The van der Waals surface area contributed by atoms with E-state index in [0.29, 0.717) is 38.2 Å². The van der Waals surface area contributed by atoms with E-state index in [9.17, 15) is 13.2 Å². The van der Waals surface area contributed by atoms with Crippen LogP contribution in [0.2, 0.25) is 0 Å². The molecule has 1 fully saturated rings. The van der Waals surface area contributed by atoms with Crippen molar-refractivity contribution in [2.24, 2.45) is 5.92 Å². The highest BCUT2D eigenvalue weighted by molar-refractivity contribution is 7.91. The second-order valence-corrected chi connectivity index (χ2v) is 9.98. The lowest BCUT2D eigenvalue weighted by atomic mass is 9.96. The summed E-state index contributed by atoms with van der Waals surface area (Å²) in [5.41, 5.74) is 2.74. The monoisotopic (exact) mass is 453 g/mol. The Kier molecular flexibility index (Phi) is 6.46. The molecule has 0 unspecified atom stereocenters. The van der Waals surface area contributed by atoms with Crippen LogP contribution in [0.15, 0.2) is 64.5 Å². The van der Waals surface area contributed by atoms with Gasteiger partial charge in [-0.2, -0.15) is 0 Å². The maximum absolute atomic E-state index is 13.6. The number of pyridine rings is 1. The number of ether oxygens (including phenoxy) is 1. The number of esters is 1. The Hall–Kier alpha value is -2.93. The molecule has 0 spiro atoms. The normalized spacial score (nSPS) is 15.1. The Balaban J connectivity index is 1.82. The molecule has 1 aliphatic heterocycles. The topological polar surface area (TPSA) is 77.8 Å². The molecule has 0 aliphatic carbocycles. The minimum absolute atomic E-state index is 0.145. The molecule has 7 heteroatoms. The lowest BCUT2D eigenvalue weighted by molar-refractivity contribution is -0.347. The molecule has 0 atom stereocenters. The summed E-state index contributed by atoms with van der Waals surface area (Å²) in [4.78, 5) is 18.0. The maximum Gasteiger partial charge on any atom is 0.309 e. The van der Waals surface area contributed by atoms with Gasteiger partial charge in [0.2, 0.25) is 15.4 Å². The summed E-state index contributed by atoms with van der Waals surface area (Å²) in [6.45, 7) is 5.45. The summed E-state index contributed by atoms with van der Waals surface area (Å²) in [5, 5.41) is 0.885. The van der Waals surface area contributed by atoms with Crippen LogP contribution in [0.1, 0.15) is 32.3 Å². The van der Waals surface area contributed by atoms with Gasteiger partial charge in [-0.05, 0) is 49.9 Å². The van der Waals surface area contributed by atoms with E-state index >= 15 is 0 Å². The van der Waals surface area contributed by atoms with E-state index in [2.05, 4.69) is 28.9 Å². The van der Waals surface area contributed by atoms with Gasteiger partial charge in [-0.3, -0.25) is 4.79 Å². The molecule has 1 saturated heterocycles. The van der Waals surface area contributed by atoms with Crippen LogP contribution < -0.4 is 9.88 Å². The first-order chi connectivity index (χ1) is 15.5. The molecule has 2 heterocycles. The van der Waals surface area contributed by atoms with Crippen molar-refractivity contribution in [2.45, 2.75) is 42.9 Å². The quantitative estimate of drug-likeness (QED) is 0.530. The number of H-pyrrole nitrogens is 1. The third-order valence-electron chi connectivity index (χ3n) is 6.11. The summed E-state index contributed by atoms with van der Waals surface area (Å²) in [7, 11) is -3.73. The summed E-state index contributed by atoms with van der Waals surface area (Å²) in [6.07, 6.45) is 3.73. The maximum atomic E-state index is 13.6. The lowest BCUT2D eigenvalue weighted by Gasteiger charge is -2.33. The van der Waals surface area contributed by atoms with E-state index in [0.717, 1.165) is 22.9 Å². The number of nitrogens with zero attached hydrogens (tertiary/aromatic N) is 1. The molecule has 1 N–H and O–H groups in total. The lowest BCUT2D eigenvalue weighted by Crippen LogP contribution is -2.38. The fourth-order valence-corrected chi connectivity index (χ4v) is 5.81. The Morgan fingerprint density at radius 2 is 1.81 bits per heavy atom. The zero-order valence-electron chi connectivity index (χ0n) is 18.5. The number of rotatable bonds is 6. The van der Waals surface area contributed by atoms with Gasteiger partial charge in [-0.25, -0.2) is 13.4 Å². The molecular formula is C25H29N2O4S+. The molecule has 3 aromatic rings. The van der Waals surface area contributed by atoms with Crippen LogP contribution in [0.25, 0.3) is 10.9 Å². The Bertz CT molecular complexity index is 1220. The molecule has 0 saturated carbocycles. The standard InChI is InChI=1S/C25H28N2O4S/c1-3-18-10-11-22-21(16-18)24(27-14-12-19(13-15-27)25(28)31-4-2)23(17-26-22)32(29,30)20-8-6-5-7-9-20/h5-11,16-17,19H,3-4,12-15H2,1-2H3/p+1. The molecule has 1 aliphatic rings. The number of hydrogen-bond acceptors (Lipinski definition) is 5. The van der Waals surface area contributed by atoms with E-state index in [1.807, 2.05) is 13.0 Å². The summed E-state index contributed by atoms with van der Waals surface area (Å²) < 4.78 is 32.5. The van der Waals surface area contributed by atoms with E-state index in [1.54, 1.807) is 36.5 Å². The molecule has 32 heavy (non-hydrogen) atoms. The summed E-state index contributed by atoms with van der Waals surface area (Å²) >= 11 is 0. The number of sulfone groups is 1. The van der Waals surface area contributed by atoms with Crippen molar-refractivity contribution >= 4 is 32.4 Å². The van der Waals surface area contributed by atoms with E-state index in [-0.39, 0.29) is 21.7 Å². The van der Waals surface area contributed by atoms with Crippen LogP contribution >= 0.6 is 0 Å². The molecule has 1 aromatic heterocycles. The molecule has 168 valence electrons. The third kappa shape index (κ3) is 4.21. The van der Waals surface area contributed by atoms with Gasteiger partial charge in [0.25, 0.3) is 0 Å². The van der Waals surface area contributed by atoms with Crippen LogP contribution in [0.3, 0.4) is 0 Å². The number of aromatic amines is 1. The zero-order valence-corrected chi connectivity index (χ0v) is 19.3. The fourth-order valence-electron chi connectivity index (χ4n) is 4.33. The van der Waals surface area contributed by atoms with Gasteiger partial charge < -0.3 is 9.64 Å². The number of fused-ring (bicyclic) bond motifs is 1. The van der Waals surface area contributed by atoms with Crippen LogP contribution in [0.4, 0.5) is 5.69 Å².